The van der Waals surface area contributed by atoms with Crippen molar-refractivity contribution in [3.63, 3.8) is 0 Å². The number of benzene rings is 2. The molecule has 10 heteroatoms. The van der Waals surface area contributed by atoms with Crippen LogP contribution in [-0.4, -0.2) is 31.0 Å². The minimum Gasteiger partial charge on any atom is -0.478 e. The Morgan fingerprint density at radius 3 is 2.29 bits per heavy atom. The summed E-state index contributed by atoms with van der Waals surface area (Å²) in [5, 5.41) is 13.7. The quantitative estimate of drug-likeness (QED) is 0.465. The van der Waals surface area contributed by atoms with Crippen LogP contribution in [0.2, 0.25) is 0 Å². The first-order valence-electron chi connectivity index (χ1n) is 11.2. The van der Waals surface area contributed by atoms with E-state index in [0.29, 0.717) is 37.4 Å². The van der Waals surface area contributed by atoms with Crippen LogP contribution in [0.5, 0.6) is 5.75 Å². The molecule has 188 valence electrons. The zero-order valence-electron chi connectivity index (χ0n) is 20.0. The number of halogens is 3. The van der Waals surface area contributed by atoms with Crippen LogP contribution in [0.3, 0.4) is 0 Å². The number of hydrogen-bond acceptors (Lipinski definition) is 4. The van der Waals surface area contributed by atoms with Gasteiger partial charge >= 0.3 is 17.8 Å². The van der Waals surface area contributed by atoms with Crippen LogP contribution in [0, 0.1) is 6.92 Å². The highest BCUT2D eigenvalue weighted by Crippen LogP contribution is 2.29. The molecule has 0 saturated heterocycles. The highest BCUT2D eigenvalue weighted by molar-refractivity contribution is 5.76. The molecule has 7 nitrogen and oxygen atoms in total. The van der Waals surface area contributed by atoms with Crippen molar-refractivity contribution in [2.24, 2.45) is 0 Å². The van der Waals surface area contributed by atoms with E-state index < -0.39 is 29.0 Å². The normalized spacial score (nSPS) is 12.1. The number of nitrogens with zero attached hydrogens (tertiary/aromatic N) is 3. The summed E-state index contributed by atoms with van der Waals surface area (Å²) in [7, 11) is 0. The molecule has 0 atom stereocenters. The van der Waals surface area contributed by atoms with E-state index in [4.69, 9.17) is 4.74 Å². The van der Waals surface area contributed by atoms with Gasteiger partial charge in [0.1, 0.15) is 11.6 Å². The smallest absolute Gasteiger partial charge is 0.416 e. The molecular weight excluding hydrogens is 463 g/mol. The van der Waals surface area contributed by atoms with Crippen molar-refractivity contribution in [2.75, 3.05) is 0 Å². The van der Waals surface area contributed by atoms with E-state index in [1.54, 1.807) is 6.07 Å². The molecule has 0 aliphatic rings. The molecule has 0 radical (unpaired) electrons. The Morgan fingerprint density at radius 2 is 1.74 bits per heavy atom. The molecule has 0 fully saturated rings. The second-order valence-electron chi connectivity index (χ2n) is 8.82. The zero-order valence-corrected chi connectivity index (χ0v) is 20.0. The summed E-state index contributed by atoms with van der Waals surface area (Å²) in [4.78, 5) is 24.3. The van der Waals surface area contributed by atoms with Crippen molar-refractivity contribution < 1.29 is 27.8 Å². The summed E-state index contributed by atoms with van der Waals surface area (Å²) < 4.78 is 46.9. The third-order valence-corrected chi connectivity index (χ3v) is 5.58. The number of alkyl halides is 3. The lowest BCUT2D eigenvalue weighted by atomic mass is 10.0. The molecule has 0 bridgehead atoms. The van der Waals surface area contributed by atoms with Crippen LogP contribution < -0.4 is 10.4 Å². The molecule has 35 heavy (non-hydrogen) atoms. The molecule has 3 aromatic rings. The Balaban J connectivity index is 1.82. The van der Waals surface area contributed by atoms with E-state index in [2.05, 4.69) is 5.10 Å². The van der Waals surface area contributed by atoms with E-state index in [-0.39, 0.29) is 5.69 Å². The molecular formula is C25H28F3N3O4. The highest BCUT2D eigenvalue weighted by atomic mass is 19.4. The predicted molar refractivity (Wildman–Crippen MR) is 124 cm³/mol. The molecule has 3 rings (SSSR count). The maximum Gasteiger partial charge on any atom is 0.416 e. The number of rotatable bonds is 9. The molecule has 1 aromatic heterocycles. The minimum absolute atomic E-state index is 0.262. The topological polar surface area (TPSA) is 86.3 Å². The van der Waals surface area contributed by atoms with E-state index in [1.807, 2.05) is 26.0 Å². The van der Waals surface area contributed by atoms with Crippen molar-refractivity contribution >= 4 is 5.97 Å². The SMILES string of the molecule is CCCn1c(CCc2ccc(OC(C)(C)C(=O)O)c(C)c2)nn(-c2ccc(C(F)(F)F)cc2)c1=O. The van der Waals surface area contributed by atoms with Crippen molar-refractivity contribution in [2.45, 2.75) is 65.3 Å². The lowest BCUT2D eigenvalue weighted by Gasteiger charge is -2.23. The highest BCUT2D eigenvalue weighted by Gasteiger charge is 2.31. The number of aliphatic carboxylic acids is 1. The van der Waals surface area contributed by atoms with Gasteiger partial charge in [0, 0.05) is 13.0 Å². The number of hydrogen-bond donors (Lipinski definition) is 1. The number of aryl methyl sites for hydroxylation is 3. The largest absolute Gasteiger partial charge is 0.478 e. The molecule has 0 unspecified atom stereocenters. The fourth-order valence-electron chi connectivity index (χ4n) is 3.59. The van der Waals surface area contributed by atoms with Crippen molar-refractivity contribution in [1.29, 1.82) is 0 Å². The Morgan fingerprint density at radius 1 is 1.09 bits per heavy atom. The molecule has 2 aromatic carbocycles. The Kier molecular flexibility index (Phi) is 7.42. The van der Waals surface area contributed by atoms with Gasteiger partial charge in [-0.15, -0.1) is 5.10 Å². The first kappa shape index (κ1) is 26.1. The van der Waals surface area contributed by atoms with Crippen molar-refractivity contribution in [1.82, 2.24) is 14.3 Å². The van der Waals surface area contributed by atoms with Crippen LogP contribution in [0.1, 0.15) is 49.7 Å². The van der Waals surface area contributed by atoms with Gasteiger partial charge in [-0.05, 0) is 75.1 Å². The van der Waals surface area contributed by atoms with Crippen LogP contribution >= 0.6 is 0 Å². The van der Waals surface area contributed by atoms with Crippen molar-refractivity contribution in [3.05, 3.63) is 75.5 Å². The maximum absolute atomic E-state index is 12.9. The Hall–Kier alpha value is -3.56. The third kappa shape index (κ3) is 5.93. The van der Waals surface area contributed by atoms with Gasteiger partial charge in [0.15, 0.2) is 5.60 Å². The van der Waals surface area contributed by atoms with E-state index >= 15 is 0 Å². The van der Waals surface area contributed by atoms with Gasteiger partial charge in [-0.25, -0.2) is 9.59 Å². The summed E-state index contributed by atoms with van der Waals surface area (Å²) in [5.74, 6) is -0.0733. The number of carboxylic acid groups (broad SMARTS) is 1. The molecule has 1 heterocycles. The monoisotopic (exact) mass is 491 g/mol. The van der Waals surface area contributed by atoms with Crippen LogP contribution in [0.4, 0.5) is 13.2 Å². The predicted octanol–water partition coefficient (Wildman–Crippen LogP) is 4.80. The van der Waals surface area contributed by atoms with Gasteiger partial charge in [-0.2, -0.15) is 17.9 Å². The number of ether oxygens (including phenoxy) is 1. The number of carbonyl (C=O) groups is 1. The minimum atomic E-state index is -4.46. The van der Waals surface area contributed by atoms with Gasteiger partial charge < -0.3 is 9.84 Å². The molecule has 1 N–H and O–H groups in total. The average molecular weight is 492 g/mol. The Labute approximate surface area is 200 Å². The fourth-order valence-corrected chi connectivity index (χ4v) is 3.59. The summed E-state index contributed by atoms with van der Waals surface area (Å²) in [6.45, 7) is 7.13. The summed E-state index contributed by atoms with van der Waals surface area (Å²) in [6.07, 6.45) is -2.78. The van der Waals surface area contributed by atoms with E-state index in [9.17, 15) is 27.9 Å². The third-order valence-electron chi connectivity index (χ3n) is 5.58. The van der Waals surface area contributed by atoms with Gasteiger partial charge in [0.25, 0.3) is 0 Å². The van der Waals surface area contributed by atoms with Crippen molar-refractivity contribution in [3.8, 4) is 11.4 Å². The van der Waals surface area contributed by atoms with E-state index in [0.717, 1.165) is 27.9 Å². The maximum atomic E-state index is 12.9. The second-order valence-corrected chi connectivity index (χ2v) is 8.82. The second kappa shape index (κ2) is 9.97. The van der Waals surface area contributed by atoms with Crippen LogP contribution in [0.25, 0.3) is 5.69 Å². The Bertz CT molecular complexity index is 1260. The van der Waals surface area contributed by atoms with E-state index in [1.165, 1.54) is 30.5 Å². The first-order valence-corrected chi connectivity index (χ1v) is 11.2. The average Bonchev–Trinajstić information content (AvgIpc) is 3.09. The lowest BCUT2D eigenvalue weighted by Crippen LogP contribution is -2.38. The van der Waals surface area contributed by atoms with Crippen LogP contribution in [0.15, 0.2) is 47.3 Å². The zero-order chi connectivity index (χ0) is 26.0. The lowest BCUT2D eigenvalue weighted by molar-refractivity contribution is -0.152. The summed E-state index contributed by atoms with van der Waals surface area (Å²) in [5.41, 5.74) is -0.583. The first-order chi connectivity index (χ1) is 16.3. The summed E-state index contributed by atoms with van der Waals surface area (Å²) in [6, 6.07) is 9.76. The standard InChI is InChI=1S/C25H28F3N3O4/c1-5-14-30-21(29-31(23(30)34)19-10-8-18(9-11-19)25(26,27)28)13-7-17-6-12-20(16(2)15-17)35-24(3,4)22(32)33/h6,8-12,15H,5,7,13-14H2,1-4H3,(H,32,33). The fraction of sp³-hybridized carbons (Fsp3) is 0.400. The number of aromatic nitrogens is 3. The van der Waals surface area contributed by atoms with Gasteiger partial charge in [-0.3, -0.25) is 4.57 Å². The molecule has 0 spiro atoms. The molecule has 0 aliphatic carbocycles. The van der Waals surface area contributed by atoms with Gasteiger partial charge in [0.2, 0.25) is 0 Å². The summed E-state index contributed by atoms with van der Waals surface area (Å²) >= 11 is 0. The molecule has 0 aliphatic heterocycles. The number of carboxylic acids is 1. The van der Waals surface area contributed by atoms with Gasteiger partial charge in [-0.1, -0.05) is 19.1 Å². The van der Waals surface area contributed by atoms with Gasteiger partial charge in [0.05, 0.1) is 11.3 Å². The van der Waals surface area contributed by atoms with Crippen LogP contribution in [-0.2, 0) is 30.4 Å². The molecule has 0 amide bonds. The molecule has 0 saturated carbocycles.